The van der Waals surface area contributed by atoms with E-state index < -0.39 is 0 Å². The van der Waals surface area contributed by atoms with Gasteiger partial charge in [0.05, 0.1) is 11.8 Å². The van der Waals surface area contributed by atoms with Gasteiger partial charge in [-0.3, -0.25) is 4.99 Å². The van der Waals surface area contributed by atoms with Crippen molar-refractivity contribution in [2.75, 3.05) is 0 Å². The van der Waals surface area contributed by atoms with Gasteiger partial charge in [0.1, 0.15) is 0 Å². The van der Waals surface area contributed by atoms with Gasteiger partial charge in [-0.15, -0.1) is 0 Å². The molecule has 0 aliphatic carbocycles. The fraction of sp³-hybridized carbons (Fsp3) is 0.0741. The third kappa shape index (κ3) is 4.44. The lowest BCUT2D eigenvalue weighted by Crippen LogP contribution is -2.09. The summed E-state index contributed by atoms with van der Waals surface area (Å²) in [6.07, 6.45) is 0.869. The SMILES string of the molecule is c1ccc(CC(N=C(c2ccccc2)c2ccccc2)c2ccccc2)cc1. The summed E-state index contributed by atoms with van der Waals surface area (Å²) in [5.41, 5.74) is 5.84. The number of hydrogen-bond acceptors (Lipinski definition) is 1. The molecule has 0 bridgehead atoms. The average molecular weight is 361 g/mol. The van der Waals surface area contributed by atoms with Crippen LogP contribution in [0.25, 0.3) is 0 Å². The minimum atomic E-state index is 0.0546. The predicted octanol–water partition coefficient (Wildman–Crippen LogP) is 6.51. The van der Waals surface area contributed by atoms with Crippen LogP contribution >= 0.6 is 0 Å². The molecule has 1 atom stereocenters. The largest absolute Gasteiger partial charge is 0.276 e. The molecular formula is C27H23N. The maximum absolute atomic E-state index is 5.30. The molecule has 1 nitrogen and oxygen atoms in total. The third-order valence-corrected chi connectivity index (χ3v) is 4.84. The fourth-order valence-electron chi connectivity index (χ4n) is 3.41. The summed E-state index contributed by atoms with van der Waals surface area (Å²) in [6.45, 7) is 0. The number of hydrogen-bond donors (Lipinski definition) is 0. The summed E-state index contributed by atoms with van der Waals surface area (Å²) in [5, 5.41) is 0. The van der Waals surface area contributed by atoms with Gasteiger partial charge in [0, 0.05) is 11.1 Å². The Morgan fingerprint density at radius 1 is 0.536 bits per heavy atom. The van der Waals surface area contributed by atoms with Crippen molar-refractivity contribution < 1.29 is 0 Å². The first-order valence-electron chi connectivity index (χ1n) is 9.68. The van der Waals surface area contributed by atoms with Gasteiger partial charge in [-0.25, -0.2) is 0 Å². The summed E-state index contributed by atoms with van der Waals surface area (Å²) in [4.78, 5) is 5.30. The second-order valence-corrected chi connectivity index (χ2v) is 6.83. The minimum absolute atomic E-state index is 0.0546. The van der Waals surface area contributed by atoms with Gasteiger partial charge in [-0.1, -0.05) is 121 Å². The van der Waals surface area contributed by atoms with E-state index in [0.29, 0.717) is 0 Å². The van der Waals surface area contributed by atoms with Crippen LogP contribution in [0.4, 0.5) is 0 Å². The quantitative estimate of drug-likeness (QED) is 0.347. The fourth-order valence-corrected chi connectivity index (χ4v) is 3.41. The van der Waals surface area contributed by atoms with Crippen LogP contribution in [0, 0.1) is 0 Å². The Hall–Kier alpha value is -3.45. The molecule has 28 heavy (non-hydrogen) atoms. The van der Waals surface area contributed by atoms with Gasteiger partial charge in [0.25, 0.3) is 0 Å². The molecule has 0 aromatic heterocycles. The highest BCUT2D eigenvalue weighted by Crippen LogP contribution is 2.25. The zero-order chi connectivity index (χ0) is 19.0. The molecule has 4 rings (SSSR count). The van der Waals surface area contributed by atoms with Crippen molar-refractivity contribution in [1.82, 2.24) is 0 Å². The van der Waals surface area contributed by atoms with Crippen LogP contribution in [0.5, 0.6) is 0 Å². The minimum Gasteiger partial charge on any atom is -0.276 e. The molecular weight excluding hydrogens is 338 g/mol. The molecule has 0 N–H and O–H groups in total. The molecule has 0 amide bonds. The molecule has 4 aromatic rings. The second kappa shape index (κ2) is 8.96. The van der Waals surface area contributed by atoms with Crippen LogP contribution in [0.3, 0.4) is 0 Å². The lowest BCUT2D eigenvalue weighted by Gasteiger charge is -2.17. The zero-order valence-corrected chi connectivity index (χ0v) is 15.8. The Bertz CT molecular complexity index is 965. The normalized spacial score (nSPS) is 11.6. The highest BCUT2D eigenvalue weighted by atomic mass is 14.8. The Balaban J connectivity index is 1.81. The van der Waals surface area contributed by atoms with Gasteiger partial charge < -0.3 is 0 Å². The van der Waals surface area contributed by atoms with Crippen LogP contribution in [-0.4, -0.2) is 5.71 Å². The molecule has 1 heteroatoms. The van der Waals surface area contributed by atoms with E-state index in [9.17, 15) is 0 Å². The van der Waals surface area contributed by atoms with E-state index in [1.54, 1.807) is 0 Å². The predicted molar refractivity (Wildman–Crippen MR) is 118 cm³/mol. The topological polar surface area (TPSA) is 12.4 Å². The van der Waals surface area contributed by atoms with Crippen LogP contribution in [0.15, 0.2) is 126 Å². The van der Waals surface area contributed by atoms with E-state index in [0.717, 1.165) is 23.3 Å². The van der Waals surface area contributed by atoms with Crippen molar-refractivity contribution in [3.63, 3.8) is 0 Å². The summed E-state index contributed by atoms with van der Waals surface area (Å²) < 4.78 is 0. The molecule has 0 fully saturated rings. The summed E-state index contributed by atoms with van der Waals surface area (Å²) >= 11 is 0. The van der Waals surface area contributed by atoms with Crippen molar-refractivity contribution in [3.8, 4) is 0 Å². The molecule has 1 unspecified atom stereocenters. The molecule has 0 aliphatic rings. The number of aliphatic imine (C=N–C) groups is 1. The summed E-state index contributed by atoms with van der Waals surface area (Å²) in [5.74, 6) is 0. The maximum Gasteiger partial charge on any atom is 0.0797 e. The highest BCUT2D eigenvalue weighted by molar-refractivity contribution is 6.13. The Morgan fingerprint density at radius 2 is 0.964 bits per heavy atom. The first-order chi connectivity index (χ1) is 13.9. The van der Waals surface area contributed by atoms with E-state index in [1.807, 2.05) is 12.1 Å². The monoisotopic (exact) mass is 361 g/mol. The highest BCUT2D eigenvalue weighted by Gasteiger charge is 2.14. The average Bonchev–Trinajstić information content (AvgIpc) is 2.79. The van der Waals surface area contributed by atoms with Gasteiger partial charge in [0.2, 0.25) is 0 Å². The van der Waals surface area contributed by atoms with Crippen molar-refractivity contribution in [3.05, 3.63) is 144 Å². The van der Waals surface area contributed by atoms with E-state index in [4.69, 9.17) is 4.99 Å². The molecule has 0 aliphatic heterocycles. The number of rotatable bonds is 6. The summed E-state index contributed by atoms with van der Waals surface area (Å²) in [6, 6.07) is 42.2. The Kier molecular flexibility index (Phi) is 5.74. The Morgan fingerprint density at radius 3 is 1.46 bits per heavy atom. The van der Waals surface area contributed by atoms with Gasteiger partial charge >= 0.3 is 0 Å². The molecule has 0 heterocycles. The Labute approximate surface area is 167 Å². The van der Waals surface area contributed by atoms with Gasteiger partial charge in [-0.2, -0.15) is 0 Å². The first-order valence-corrected chi connectivity index (χ1v) is 9.68. The molecule has 136 valence electrons. The zero-order valence-electron chi connectivity index (χ0n) is 15.8. The van der Waals surface area contributed by atoms with Gasteiger partial charge in [0.15, 0.2) is 0 Å². The molecule has 0 saturated heterocycles. The molecule has 0 spiro atoms. The van der Waals surface area contributed by atoms with Gasteiger partial charge in [-0.05, 0) is 17.5 Å². The van der Waals surface area contributed by atoms with Crippen LogP contribution < -0.4 is 0 Å². The first kappa shape index (κ1) is 17.9. The summed E-state index contributed by atoms with van der Waals surface area (Å²) in [7, 11) is 0. The van der Waals surface area contributed by atoms with Crippen LogP contribution in [-0.2, 0) is 6.42 Å². The van der Waals surface area contributed by atoms with E-state index in [-0.39, 0.29) is 6.04 Å². The van der Waals surface area contributed by atoms with Crippen LogP contribution in [0.2, 0.25) is 0 Å². The third-order valence-electron chi connectivity index (χ3n) is 4.84. The van der Waals surface area contributed by atoms with Crippen molar-refractivity contribution in [1.29, 1.82) is 0 Å². The van der Waals surface area contributed by atoms with E-state index in [2.05, 4.69) is 109 Å². The maximum atomic E-state index is 5.30. The van der Waals surface area contributed by atoms with E-state index >= 15 is 0 Å². The van der Waals surface area contributed by atoms with E-state index in [1.165, 1.54) is 11.1 Å². The van der Waals surface area contributed by atoms with Crippen molar-refractivity contribution >= 4 is 5.71 Å². The van der Waals surface area contributed by atoms with Crippen molar-refractivity contribution in [2.24, 2.45) is 4.99 Å². The van der Waals surface area contributed by atoms with Crippen molar-refractivity contribution in [2.45, 2.75) is 12.5 Å². The van der Waals surface area contributed by atoms with Crippen LogP contribution in [0.1, 0.15) is 28.3 Å². The standard InChI is InChI=1S/C27H23N/c1-5-13-22(14-6-1)21-26(23-15-7-2-8-16-23)28-27(24-17-9-3-10-18-24)25-19-11-4-12-20-25/h1-20,26H,21H2. The number of benzene rings is 4. The smallest absolute Gasteiger partial charge is 0.0797 e. The molecule has 0 saturated carbocycles. The molecule has 4 aromatic carbocycles. The molecule has 0 radical (unpaired) electrons. The lowest BCUT2D eigenvalue weighted by molar-refractivity contribution is 0.725. The lowest BCUT2D eigenvalue weighted by atomic mass is 9.97. The number of nitrogens with zero attached hydrogens (tertiary/aromatic N) is 1. The second-order valence-electron chi connectivity index (χ2n) is 6.83.